The fourth-order valence-corrected chi connectivity index (χ4v) is 4.66. The summed E-state index contributed by atoms with van der Waals surface area (Å²) in [5, 5.41) is 15.3. The minimum Gasteiger partial charge on any atom is -0.480 e. The molecule has 1 aromatic carbocycles. The number of hydrogen-bond acceptors (Lipinski definition) is 5. The van der Waals surface area contributed by atoms with Crippen LogP contribution in [0.25, 0.3) is 0 Å². The van der Waals surface area contributed by atoms with E-state index in [9.17, 15) is 19.1 Å². The van der Waals surface area contributed by atoms with Crippen LogP contribution in [0.5, 0.6) is 0 Å². The van der Waals surface area contributed by atoms with Gasteiger partial charge in [-0.25, -0.2) is 14.2 Å². The highest BCUT2D eigenvalue weighted by Gasteiger charge is 2.30. The first-order chi connectivity index (χ1) is 16.4. The van der Waals surface area contributed by atoms with Gasteiger partial charge in [0.15, 0.2) is 0 Å². The number of benzene rings is 1. The summed E-state index contributed by atoms with van der Waals surface area (Å²) in [6, 6.07) is 6.55. The number of hydrogen-bond donors (Lipinski definition) is 3. The van der Waals surface area contributed by atoms with Gasteiger partial charge < -0.3 is 20.5 Å². The molecule has 7 nitrogen and oxygen atoms in total. The lowest BCUT2D eigenvalue weighted by atomic mass is 9.79. The zero-order chi connectivity index (χ0) is 24.1. The molecule has 1 atom stereocenters. The van der Waals surface area contributed by atoms with Gasteiger partial charge in [0.1, 0.15) is 17.7 Å². The molecule has 3 N–H and O–H groups in total. The van der Waals surface area contributed by atoms with Gasteiger partial charge in [-0.05, 0) is 74.3 Å². The third kappa shape index (κ3) is 6.45. The zero-order valence-electron chi connectivity index (χ0n) is 18.9. The lowest BCUT2D eigenvalue weighted by Crippen LogP contribution is -2.42. The Bertz CT molecular complexity index is 1020. The second kappa shape index (κ2) is 11.1. The van der Waals surface area contributed by atoms with E-state index in [1.807, 2.05) is 0 Å². The zero-order valence-corrected chi connectivity index (χ0v) is 19.6. The monoisotopic (exact) mass is 489 g/mol. The number of aryl methyl sites for hydroxylation is 2. The van der Waals surface area contributed by atoms with Crippen molar-refractivity contribution in [2.45, 2.75) is 57.1 Å². The minimum atomic E-state index is -1.17. The fourth-order valence-electron chi connectivity index (χ4n) is 4.44. The molecule has 0 radical (unpaired) electrons. The van der Waals surface area contributed by atoms with Gasteiger partial charge in [0.2, 0.25) is 0 Å². The maximum Gasteiger partial charge on any atom is 0.326 e. The van der Waals surface area contributed by atoms with Gasteiger partial charge in [-0.3, -0.25) is 4.79 Å². The highest BCUT2D eigenvalue weighted by Crippen LogP contribution is 2.34. The van der Waals surface area contributed by atoms with E-state index in [4.69, 9.17) is 21.3 Å². The van der Waals surface area contributed by atoms with Crippen LogP contribution in [-0.4, -0.2) is 47.3 Å². The summed E-state index contributed by atoms with van der Waals surface area (Å²) in [7, 11) is 0. The average molecular weight is 490 g/mol. The Labute approximate surface area is 203 Å². The summed E-state index contributed by atoms with van der Waals surface area (Å²) >= 11 is 5.77. The van der Waals surface area contributed by atoms with E-state index in [2.05, 4.69) is 22.8 Å². The molecule has 1 saturated carbocycles. The number of carboxylic acid groups (broad SMARTS) is 1. The number of nitrogens with zero attached hydrogens (tertiary/aromatic N) is 1. The maximum absolute atomic E-state index is 13.5. The van der Waals surface area contributed by atoms with Crippen molar-refractivity contribution in [3.05, 3.63) is 58.0 Å². The number of pyridine rings is 1. The molecule has 4 rings (SSSR count). The van der Waals surface area contributed by atoms with Gasteiger partial charge >= 0.3 is 5.97 Å². The molecule has 9 heteroatoms. The van der Waals surface area contributed by atoms with Crippen molar-refractivity contribution in [3.8, 4) is 0 Å². The highest BCUT2D eigenvalue weighted by molar-refractivity contribution is 6.31. The molecule has 34 heavy (non-hydrogen) atoms. The molecule has 1 amide bonds. The summed E-state index contributed by atoms with van der Waals surface area (Å²) < 4.78 is 19.3. The van der Waals surface area contributed by atoms with Crippen LogP contribution in [0.2, 0.25) is 5.02 Å². The van der Waals surface area contributed by atoms with Gasteiger partial charge in [0.25, 0.3) is 5.91 Å². The number of nitrogens with one attached hydrogen (secondary N) is 2. The quantitative estimate of drug-likeness (QED) is 0.461. The third-order valence-electron chi connectivity index (χ3n) is 6.44. The molecule has 1 aromatic heterocycles. The Kier molecular flexibility index (Phi) is 8.00. The van der Waals surface area contributed by atoms with Crippen LogP contribution in [0.4, 0.5) is 10.2 Å². The number of rotatable bonds is 10. The first kappa shape index (κ1) is 24.4. The van der Waals surface area contributed by atoms with Crippen molar-refractivity contribution >= 4 is 29.3 Å². The number of carbonyl (C=O) groups is 2. The molecule has 0 unspecified atom stereocenters. The Morgan fingerprint density at radius 3 is 2.88 bits per heavy atom. The molecule has 2 heterocycles. The minimum absolute atomic E-state index is 0.0248. The normalized spacial score (nSPS) is 19.9. The van der Waals surface area contributed by atoms with E-state index < -0.39 is 23.7 Å². The average Bonchev–Trinajstić information content (AvgIpc) is 2.78. The van der Waals surface area contributed by atoms with Gasteiger partial charge in [-0.2, -0.15) is 0 Å². The van der Waals surface area contributed by atoms with Crippen molar-refractivity contribution in [2.75, 3.05) is 18.5 Å². The predicted molar refractivity (Wildman–Crippen MR) is 127 cm³/mol. The SMILES string of the molecule is O=C(N[C@@H](CCOC1CC(CCc2ccc3c(n2)NCCC3)C1)C(=O)O)c1cc(F)cc(Cl)c1. The van der Waals surface area contributed by atoms with Crippen LogP contribution >= 0.6 is 11.6 Å². The second-order valence-corrected chi connectivity index (χ2v) is 9.46. The van der Waals surface area contributed by atoms with E-state index in [-0.39, 0.29) is 29.7 Å². The van der Waals surface area contributed by atoms with Crippen LogP contribution in [-0.2, 0) is 22.4 Å². The molecule has 2 aliphatic rings. The molecule has 1 aliphatic heterocycles. The molecular formula is C25H29ClFN3O4. The first-order valence-electron chi connectivity index (χ1n) is 11.7. The Hall–Kier alpha value is -2.71. The summed E-state index contributed by atoms with van der Waals surface area (Å²) in [5.41, 5.74) is 2.38. The molecule has 0 spiro atoms. The van der Waals surface area contributed by atoms with E-state index in [1.54, 1.807) is 0 Å². The van der Waals surface area contributed by atoms with Gasteiger partial charge in [0, 0.05) is 35.9 Å². The smallest absolute Gasteiger partial charge is 0.326 e. The van der Waals surface area contributed by atoms with E-state index in [1.165, 1.54) is 11.6 Å². The number of amides is 1. The maximum atomic E-state index is 13.5. The summed E-state index contributed by atoms with van der Waals surface area (Å²) in [6.07, 6.45) is 6.33. The number of halogens is 2. The first-order valence-corrected chi connectivity index (χ1v) is 12.1. The molecule has 0 saturated heterocycles. The molecular weight excluding hydrogens is 461 g/mol. The van der Waals surface area contributed by atoms with Crippen LogP contribution in [0.1, 0.15) is 53.7 Å². The van der Waals surface area contributed by atoms with Gasteiger partial charge in [-0.15, -0.1) is 0 Å². The highest BCUT2D eigenvalue weighted by atomic mass is 35.5. The van der Waals surface area contributed by atoms with E-state index in [0.29, 0.717) is 5.92 Å². The number of carboxylic acids is 1. The lowest BCUT2D eigenvalue weighted by molar-refractivity contribution is -0.140. The van der Waals surface area contributed by atoms with Crippen molar-refractivity contribution in [3.63, 3.8) is 0 Å². The second-order valence-electron chi connectivity index (χ2n) is 9.02. The van der Waals surface area contributed by atoms with Crippen LogP contribution < -0.4 is 10.6 Å². The molecule has 1 aliphatic carbocycles. The fraction of sp³-hybridized carbons (Fsp3) is 0.480. The largest absolute Gasteiger partial charge is 0.480 e. The van der Waals surface area contributed by atoms with Gasteiger partial charge in [0.05, 0.1) is 6.10 Å². The summed E-state index contributed by atoms with van der Waals surface area (Å²) in [5.74, 6) is -0.921. The van der Waals surface area contributed by atoms with Gasteiger partial charge in [-0.1, -0.05) is 17.7 Å². The molecule has 1 fully saturated rings. The van der Waals surface area contributed by atoms with E-state index in [0.717, 1.165) is 68.7 Å². The topological polar surface area (TPSA) is 101 Å². The number of fused-ring (bicyclic) bond motifs is 1. The van der Waals surface area contributed by atoms with Crippen molar-refractivity contribution in [2.24, 2.45) is 5.92 Å². The standard InChI is InChI=1S/C25H29ClFN3O4/c26-18-12-17(13-19(27)14-18)24(31)30-22(25(32)33)7-9-34-21-10-15(11-21)3-5-20-6-4-16-2-1-8-28-23(16)29-20/h4,6,12-15,21-22H,1-3,5,7-11H2,(H,28,29)(H,30,31)(H,32,33)/t15?,21?,22-/m0/s1. The van der Waals surface area contributed by atoms with Crippen LogP contribution in [0, 0.1) is 11.7 Å². The van der Waals surface area contributed by atoms with Crippen LogP contribution in [0.3, 0.4) is 0 Å². The van der Waals surface area contributed by atoms with Crippen molar-refractivity contribution in [1.82, 2.24) is 10.3 Å². The Morgan fingerprint density at radius 1 is 1.29 bits per heavy atom. The predicted octanol–water partition coefficient (Wildman–Crippen LogP) is 4.23. The number of anilines is 1. The number of aliphatic carboxylic acids is 1. The van der Waals surface area contributed by atoms with Crippen molar-refractivity contribution in [1.29, 1.82) is 0 Å². The van der Waals surface area contributed by atoms with Crippen LogP contribution in [0.15, 0.2) is 30.3 Å². The molecule has 2 aromatic rings. The summed E-state index contributed by atoms with van der Waals surface area (Å²) in [6.45, 7) is 1.20. The van der Waals surface area contributed by atoms with E-state index >= 15 is 0 Å². The lowest BCUT2D eigenvalue weighted by Gasteiger charge is -2.35. The number of ether oxygens (including phenoxy) is 1. The molecule has 182 valence electrons. The Balaban J connectivity index is 1.16. The Morgan fingerprint density at radius 2 is 2.12 bits per heavy atom. The van der Waals surface area contributed by atoms with Crippen molar-refractivity contribution < 1.29 is 23.8 Å². The summed E-state index contributed by atoms with van der Waals surface area (Å²) in [4.78, 5) is 28.6. The number of carbonyl (C=O) groups excluding carboxylic acids is 1. The molecule has 0 bridgehead atoms. The number of aromatic nitrogens is 1. The third-order valence-corrected chi connectivity index (χ3v) is 6.66.